The molecular formula is C18H25F3IN3O. The fraction of sp³-hybridized carbons (Fsp3) is 0.611. The molecule has 0 unspecified atom stereocenters. The number of aliphatic imine (C=N–C) groups is 1. The summed E-state index contributed by atoms with van der Waals surface area (Å²) in [5.41, 5.74) is 5.65. The van der Waals surface area contributed by atoms with Gasteiger partial charge in [-0.3, -0.25) is 4.99 Å². The van der Waals surface area contributed by atoms with Crippen molar-refractivity contribution in [2.45, 2.75) is 43.3 Å². The lowest BCUT2D eigenvalue weighted by Gasteiger charge is -2.37. The molecule has 1 saturated carbocycles. The van der Waals surface area contributed by atoms with Crippen LogP contribution < -0.4 is 5.73 Å². The second kappa shape index (κ2) is 8.33. The maximum Gasteiger partial charge on any atom is 0.416 e. The molecule has 1 saturated heterocycles. The van der Waals surface area contributed by atoms with Crippen LogP contribution in [0.25, 0.3) is 0 Å². The van der Waals surface area contributed by atoms with Crippen molar-refractivity contribution in [3.8, 4) is 0 Å². The number of guanidine groups is 1. The summed E-state index contributed by atoms with van der Waals surface area (Å²) in [5, 5.41) is 0. The van der Waals surface area contributed by atoms with E-state index in [1.165, 1.54) is 12.1 Å². The van der Waals surface area contributed by atoms with E-state index in [0.29, 0.717) is 50.2 Å². The molecule has 4 nitrogen and oxygen atoms in total. The molecule has 0 spiro atoms. The van der Waals surface area contributed by atoms with E-state index in [4.69, 9.17) is 10.5 Å². The lowest BCUT2D eigenvalue weighted by Crippen LogP contribution is -2.40. The molecule has 1 heterocycles. The van der Waals surface area contributed by atoms with Gasteiger partial charge in [-0.25, -0.2) is 0 Å². The average Bonchev–Trinajstić information content (AvgIpc) is 3.44. The zero-order valence-electron chi connectivity index (χ0n) is 14.8. The third-order valence-electron chi connectivity index (χ3n) is 5.25. The number of hydrogen-bond donors (Lipinski definition) is 1. The van der Waals surface area contributed by atoms with E-state index < -0.39 is 17.2 Å². The minimum atomic E-state index is -4.35. The predicted molar refractivity (Wildman–Crippen MR) is 106 cm³/mol. The van der Waals surface area contributed by atoms with Crippen LogP contribution in [0.15, 0.2) is 29.3 Å². The molecule has 2 fully saturated rings. The summed E-state index contributed by atoms with van der Waals surface area (Å²) in [6.45, 7) is 1.41. The number of ether oxygens (including phenoxy) is 1. The topological polar surface area (TPSA) is 50.8 Å². The van der Waals surface area contributed by atoms with Gasteiger partial charge in [0.15, 0.2) is 5.96 Å². The van der Waals surface area contributed by atoms with Crippen LogP contribution in [0.1, 0.15) is 36.8 Å². The molecule has 1 aromatic carbocycles. The highest BCUT2D eigenvalue weighted by molar-refractivity contribution is 14.0. The third kappa shape index (κ3) is 4.82. The maximum atomic E-state index is 13.1. The normalized spacial score (nSPS) is 20.4. The molecule has 0 amide bonds. The molecule has 26 heavy (non-hydrogen) atoms. The predicted octanol–water partition coefficient (Wildman–Crippen LogP) is 3.78. The Kier molecular flexibility index (Phi) is 6.81. The lowest BCUT2D eigenvalue weighted by molar-refractivity contribution is -0.137. The highest BCUT2D eigenvalue weighted by atomic mass is 127. The van der Waals surface area contributed by atoms with Crippen LogP contribution in [-0.4, -0.2) is 43.7 Å². The summed E-state index contributed by atoms with van der Waals surface area (Å²) in [7, 11) is 1.91. The Morgan fingerprint density at radius 1 is 1.31 bits per heavy atom. The Balaban J connectivity index is 0.00000243. The number of nitrogens with two attached hydrogens (primary N) is 1. The first-order chi connectivity index (χ1) is 11.8. The number of rotatable bonds is 4. The summed E-state index contributed by atoms with van der Waals surface area (Å²) in [5.74, 6) is 0.459. The molecule has 1 aliphatic heterocycles. The van der Waals surface area contributed by atoms with Crippen molar-refractivity contribution in [2.75, 3.05) is 26.8 Å². The van der Waals surface area contributed by atoms with E-state index in [9.17, 15) is 13.2 Å². The zero-order chi connectivity index (χ0) is 18.1. The summed E-state index contributed by atoms with van der Waals surface area (Å²) < 4.78 is 44.7. The van der Waals surface area contributed by atoms with Crippen molar-refractivity contribution in [2.24, 2.45) is 10.7 Å². The molecule has 0 atom stereocenters. The molecule has 1 aromatic rings. The van der Waals surface area contributed by atoms with E-state index in [0.717, 1.165) is 18.9 Å². The van der Waals surface area contributed by atoms with Gasteiger partial charge in [-0.15, -0.1) is 24.0 Å². The molecule has 2 aliphatic rings. The van der Waals surface area contributed by atoms with Gasteiger partial charge < -0.3 is 15.4 Å². The van der Waals surface area contributed by atoms with Gasteiger partial charge in [0.25, 0.3) is 0 Å². The van der Waals surface area contributed by atoms with Crippen molar-refractivity contribution in [3.63, 3.8) is 0 Å². The van der Waals surface area contributed by atoms with Gasteiger partial charge in [0, 0.05) is 31.7 Å². The largest absolute Gasteiger partial charge is 0.416 e. The summed E-state index contributed by atoms with van der Waals surface area (Å²) >= 11 is 0. The van der Waals surface area contributed by atoms with Gasteiger partial charge >= 0.3 is 6.18 Å². The molecule has 146 valence electrons. The van der Waals surface area contributed by atoms with Gasteiger partial charge in [0.05, 0.1) is 12.1 Å². The Labute approximate surface area is 169 Å². The van der Waals surface area contributed by atoms with Crippen molar-refractivity contribution < 1.29 is 17.9 Å². The Morgan fingerprint density at radius 2 is 1.96 bits per heavy atom. The van der Waals surface area contributed by atoms with Gasteiger partial charge in [-0.05, 0) is 37.3 Å². The molecule has 0 bridgehead atoms. The summed E-state index contributed by atoms with van der Waals surface area (Å²) in [6.07, 6.45) is -0.855. The van der Waals surface area contributed by atoms with Gasteiger partial charge in [0.2, 0.25) is 0 Å². The first-order valence-corrected chi connectivity index (χ1v) is 8.60. The van der Waals surface area contributed by atoms with E-state index >= 15 is 0 Å². The first-order valence-electron chi connectivity index (χ1n) is 8.60. The summed E-state index contributed by atoms with van der Waals surface area (Å²) in [6, 6.07) is 6.04. The minimum Gasteiger partial charge on any atom is -0.381 e. The second-order valence-electron chi connectivity index (χ2n) is 6.99. The lowest BCUT2D eigenvalue weighted by atomic mass is 9.74. The molecule has 2 N–H and O–H groups in total. The first kappa shape index (κ1) is 21.3. The van der Waals surface area contributed by atoms with Gasteiger partial charge in [0.1, 0.15) is 0 Å². The molecule has 0 radical (unpaired) electrons. The van der Waals surface area contributed by atoms with Crippen LogP contribution in [0, 0.1) is 0 Å². The second-order valence-corrected chi connectivity index (χ2v) is 6.99. The third-order valence-corrected chi connectivity index (χ3v) is 5.25. The monoisotopic (exact) mass is 483 g/mol. The molecule has 1 aliphatic carbocycles. The number of alkyl halides is 3. The highest BCUT2D eigenvalue weighted by Crippen LogP contribution is 2.38. The van der Waals surface area contributed by atoms with E-state index in [-0.39, 0.29) is 24.0 Å². The van der Waals surface area contributed by atoms with Crippen molar-refractivity contribution >= 4 is 29.9 Å². The average molecular weight is 483 g/mol. The quantitative estimate of drug-likeness (QED) is 0.403. The number of halogens is 4. The van der Waals surface area contributed by atoms with Crippen LogP contribution in [-0.2, 0) is 16.3 Å². The van der Waals surface area contributed by atoms with Crippen LogP contribution in [0.4, 0.5) is 13.2 Å². The fourth-order valence-corrected chi connectivity index (χ4v) is 3.32. The number of nitrogens with zero attached hydrogens (tertiary/aromatic N) is 2. The van der Waals surface area contributed by atoms with Crippen molar-refractivity contribution in [3.05, 3.63) is 35.4 Å². The molecular weight excluding hydrogens is 458 g/mol. The number of benzene rings is 1. The Bertz CT molecular complexity index is 641. The maximum absolute atomic E-state index is 13.1. The molecule has 3 rings (SSSR count). The van der Waals surface area contributed by atoms with E-state index in [1.807, 2.05) is 11.9 Å². The molecule has 0 aromatic heterocycles. The van der Waals surface area contributed by atoms with E-state index in [1.54, 1.807) is 6.07 Å². The van der Waals surface area contributed by atoms with Crippen molar-refractivity contribution in [1.29, 1.82) is 0 Å². The van der Waals surface area contributed by atoms with Crippen LogP contribution in [0.2, 0.25) is 0 Å². The SMILES string of the molecule is CN(C(N)=NCC1(c2cccc(C(F)(F)F)c2)CCOCC1)C1CC1.I. The van der Waals surface area contributed by atoms with Crippen LogP contribution in [0.3, 0.4) is 0 Å². The minimum absolute atomic E-state index is 0. The Morgan fingerprint density at radius 3 is 2.54 bits per heavy atom. The summed E-state index contributed by atoms with van der Waals surface area (Å²) in [4.78, 5) is 6.49. The van der Waals surface area contributed by atoms with Crippen LogP contribution in [0.5, 0.6) is 0 Å². The molecule has 8 heteroatoms. The fourth-order valence-electron chi connectivity index (χ4n) is 3.32. The van der Waals surface area contributed by atoms with Gasteiger partial charge in [-0.1, -0.05) is 18.2 Å². The van der Waals surface area contributed by atoms with Crippen molar-refractivity contribution in [1.82, 2.24) is 4.90 Å². The Hall–Kier alpha value is -1.03. The number of hydrogen-bond acceptors (Lipinski definition) is 2. The van der Waals surface area contributed by atoms with Crippen LogP contribution >= 0.6 is 24.0 Å². The van der Waals surface area contributed by atoms with Gasteiger partial charge in [-0.2, -0.15) is 13.2 Å². The standard InChI is InChI=1S/C18H24F3N3O.HI/c1-24(15-5-6-15)16(22)23-12-17(7-9-25-10-8-17)13-3-2-4-14(11-13)18(19,20)21;/h2-4,11,15H,5-10,12H2,1H3,(H2,22,23);1H. The highest BCUT2D eigenvalue weighted by Gasteiger charge is 2.37. The smallest absolute Gasteiger partial charge is 0.381 e. The van der Waals surface area contributed by atoms with E-state index in [2.05, 4.69) is 4.99 Å². The zero-order valence-corrected chi connectivity index (χ0v) is 17.1.